The summed E-state index contributed by atoms with van der Waals surface area (Å²) in [4.78, 5) is 12.0. The SMILES string of the molecule is Cc1ccc2oc(C(C)C(=O)OC(C)(C)C)cc2c1. The molecule has 1 aromatic heterocycles. The van der Waals surface area contributed by atoms with Crippen LogP contribution in [0.5, 0.6) is 0 Å². The van der Waals surface area contributed by atoms with Gasteiger partial charge >= 0.3 is 5.97 Å². The van der Waals surface area contributed by atoms with Gasteiger partial charge in [0.1, 0.15) is 22.9 Å². The molecular formula is C16H20O3. The highest BCUT2D eigenvalue weighted by Gasteiger charge is 2.25. The van der Waals surface area contributed by atoms with Crippen LogP contribution in [0.15, 0.2) is 28.7 Å². The zero-order valence-electron chi connectivity index (χ0n) is 12.1. The molecule has 0 radical (unpaired) electrons. The van der Waals surface area contributed by atoms with Crippen LogP contribution in [0, 0.1) is 6.92 Å². The molecule has 0 saturated carbocycles. The molecule has 2 aromatic rings. The van der Waals surface area contributed by atoms with E-state index in [9.17, 15) is 4.79 Å². The third-order valence-electron chi connectivity index (χ3n) is 2.88. The van der Waals surface area contributed by atoms with Crippen molar-refractivity contribution in [1.29, 1.82) is 0 Å². The lowest BCUT2D eigenvalue weighted by Gasteiger charge is -2.21. The van der Waals surface area contributed by atoms with Crippen LogP contribution in [0.2, 0.25) is 0 Å². The van der Waals surface area contributed by atoms with E-state index in [0.717, 1.165) is 11.0 Å². The number of aryl methyl sites for hydroxylation is 1. The van der Waals surface area contributed by atoms with Crippen LogP contribution in [-0.4, -0.2) is 11.6 Å². The van der Waals surface area contributed by atoms with Crippen molar-refractivity contribution in [2.75, 3.05) is 0 Å². The molecule has 0 aliphatic rings. The number of fused-ring (bicyclic) bond motifs is 1. The molecule has 0 spiro atoms. The van der Waals surface area contributed by atoms with E-state index in [2.05, 4.69) is 0 Å². The van der Waals surface area contributed by atoms with Crippen molar-refractivity contribution in [3.05, 3.63) is 35.6 Å². The first-order valence-electron chi connectivity index (χ1n) is 6.49. The Labute approximate surface area is 113 Å². The minimum Gasteiger partial charge on any atom is -0.460 e. The predicted molar refractivity (Wildman–Crippen MR) is 75.2 cm³/mol. The monoisotopic (exact) mass is 260 g/mol. The number of carbonyl (C=O) groups excluding carboxylic acids is 1. The Morgan fingerprint density at radius 2 is 1.95 bits per heavy atom. The van der Waals surface area contributed by atoms with Gasteiger partial charge in [-0.25, -0.2) is 0 Å². The largest absolute Gasteiger partial charge is 0.460 e. The Morgan fingerprint density at radius 1 is 1.26 bits per heavy atom. The fraction of sp³-hybridized carbons (Fsp3) is 0.438. The molecule has 0 fully saturated rings. The Kier molecular flexibility index (Phi) is 3.40. The van der Waals surface area contributed by atoms with E-state index in [1.807, 2.05) is 52.0 Å². The maximum absolute atomic E-state index is 12.0. The first-order chi connectivity index (χ1) is 8.76. The van der Waals surface area contributed by atoms with Gasteiger partial charge in [0.2, 0.25) is 0 Å². The van der Waals surface area contributed by atoms with Crippen LogP contribution in [0.25, 0.3) is 11.0 Å². The smallest absolute Gasteiger partial charge is 0.316 e. The fourth-order valence-electron chi connectivity index (χ4n) is 1.90. The minimum atomic E-state index is -0.478. The molecule has 3 heteroatoms. The first-order valence-corrected chi connectivity index (χ1v) is 6.49. The Bertz CT molecular complexity index is 602. The molecule has 0 amide bonds. The average Bonchev–Trinajstić information content (AvgIpc) is 2.68. The average molecular weight is 260 g/mol. The number of carbonyl (C=O) groups is 1. The van der Waals surface area contributed by atoms with Gasteiger partial charge in [0, 0.05) is 5.39 Å². The summed E-state index contributed by atoms with van der Waals surface area (Å²) in [6.07, 6.45) is 0. The third-order valence-corrected chi connectivity index (χ3v) is 2.88. The molecule has 0 bridgehead atoms. The van der Waals surface area contributed by atoms with Crippen molar-refractivity contribution in [3.8, 4) is 0 Å². The van der Waals surface area contributed by atoms with E-state index in [-0.39, 0.29) is 5.97 Å². The number of furan rings is 1. The molecule has 0 N–H and O–H groups in total. The lowest BCUT2D eigenvalue weighted by molar-refractivity contribution is -0.156. The third kappa shape index (κ3) is 3.16. The highest BCUT2D eigenvalue weighted by molar-refractivity contribution is 5.82. The molecule has 1 heterocycles. The zero-order valence-corrected chi connectivity index (χ0v) is 12.1. The van der Waals surface area contributed by atoms with Crippen LogP contribution in [0.1, 0.15) is 44.9 Å². The van der Waals surface area contributed by atoms with Gasteiger partial charge in [-0.15, -0.1) is 0 Å². The fourth-order valence-corrected chi connectivity index (χ4v) is 1.90. The zero-order chi connectivity index (χ0) is 14.2. The van der Waals surface area contributed by atoms with Crippen molar-refractivity contribution in [3.63, 3.8) is 0 Å². The number of benzene rings is 1. The molecule has 0 saturated heterocycles. The Balaban J connectivity index is 2.26. The normalized spacial score (nSPS) is 13.5. The van der Waals surface area contributed by atoms with Gasteiger partial charge in [-0.05, 0) is 52.8 Å². The summed E-state index contributed by atoms with van der Waals surface area (Å²) in [6.45, 7) is 9.42. The van der Waals surface area contributed by atoms with E-state index in [1.165, 1.54) is 5.56 Å². The number of esters is 1. The van der Waals surface area contributed by atoms with Crippen LogP contribution in [0.3, 0.4) is 0 Å². The van der Waals surface area contributed by atoms with Crippen molar-refractivity contribution in [1.82, 2.24) is 0 Å². The molecule has 19 heavy (non-hydrogen) atoms. The van der Waals surface area contributed by atoms with Gasteiger partial charge in [0.15, 0.2) is 0 Å². The quantitative estimate of drug-likeness (QED) is 0.760. The van der Waals surface area contributed by atoms with Crippen molar-refractivity contribution in [2.45, 2.75) is 46.1 Å². The van der Waals surface area contributed by atoms with E-state index < -0.39 is 11.5 Å². The summed E-state index contributed by atoms with van der Waals surface area (Å²) in [7, 11) is 0. The highest BCUT2D eigenvalue weighted by atomic mass is 16.6. The van der Waals surface area contributed by atoms with Gasteiger partial charge in [0.05, 0.1) is 0 Å². The Morgan fingerprint density at radius 3 is 2.58 bits per heavy atom. The van der Waals surface area contributed by atoms with Gasteiger partial charge < -0.3 is 9.15 Å². The van der Waals surface area contributed by atoms with Gasteiger partial charge in [-0.3, -0.25) is 4.79 Å². The second-order valence-corrected chi connectivity index (χ2v) is 5.95. The summed E-state index contributed by atoms with van der Waals surface area (Å²) in [5, 5.41) is 1.02. The minimum absolute atomic E-state index is 0.261. The molecule has 1 aromatic carbocycles. The molecule has 2 rings (SSSR count). The summed E-state index contributed by atoms with van der Waals surface area (Å²) < 4.78 is 11.1. The van der Waals surface area contributed by atoms with Crippen molar-refractivity contribution < 1.29 is 13.9 Å². The molecule has 1 unspecified atom stereocenters. The van der Waals surface area contributed by atoms with E-state index in [1.54, 1.807) is 6.92 Å². The van der Waals surface area contributed by atoms with E-state index >= 15 is 0 Å². The maximum atomic E-state index is 12.0. The van der Waals surface area contributed by atoms with Crippen molar-refractivity contribution >= 4 is 16.9 Å². The van der Waals surface area contributed by atoms with Crippen LogP contribution < -0.4 is 0 Å². The first kappa shape index (κ1) is 13.7. The number of hydrogen-bond donors (Lipinski definition) is 0. The number of rotatable bonds is 2. The molecule has 0 aliphatic carbocycles. The lowest BCUT2D eigenvalue weighted by Crippen LogP contribution is -2.26. The Hall–Kier alpha value is -1.77. The summed E-state index contributed by atoms with van der Waals surface area (Å²) in [5.41, 5.74) is 1.49. The van der Waals surface area contributed by atoms with E-state index in [0.29, 0.717) is 5.76 Å². The second kappa shape index (κ2) is 4.72. The molecule has 1 atom stereocenters. The van der Waals surface area contributed by atoms with Crippen LogP contribution in [0.4, 0.5) is 0 Å². The van der Waals surface area contributed by atoms with Crippen LogP contribution in [-0.2, 0) is 9.53 Å². The molecule has 0 aliphatic heterocycles. The second-order valence-electron chi connectivity index (χ2n) is 5.95. The summed E-state index contributed by atoms with van der Waals surface area (Å²) in [6, 6.07) is 7.88. The van der Waals surface area contributed by atoms with Gasteiger partial charge in [-0.2, -0.15) is 0 Å². The van der Waals surface area contributed by atoms with Crippen LogP contribution >= 0.6 is 0 Å². The van der Waals surface area contributed by atoms with Gasteiger partial charge in [-0.1, -0.05) is 11.6 Å². The number of ether oxygens (including phenoxy) is 1. The van der Waals surface area contributed by atoms with Crippen molar-refractivity contribution in [2.24, 2.45) is 0 Å². The van der Waals surface area contributed by atoms with Gasteiger partial charge in [0.25, 0.3) is 0 Å². The lowest BCUT2D eigenvalue weighted by atomic mass is 10.1. The predicted octanol–water partition coefficient (Wildman–Crippen LogP) is 4.19. The number of hydrogen-bond acceptors (Lipinski definition) is 3. The maximum Gasteiger partial charge on any atom is 0.316 e. The molecule has 102 valence electrons. The standard InChI is InChI=1S/C16H20O3/c1-10-6-7-13-12(8-10)9-14(18-13)11(2)15(17)19-16(3,4)5/h6-9,11H,1-5H3. The highest BCUT2D eigenvalue weighted by Crippen LogP contribution is 2.27. The van der Waals surface area contributed by atoms with E-state index in [4.69, 9.17) is 9.15 Å². The summed E-state index contributed by atoms with van der Waals surface area (Å²) in [5.74, 6) is -0.00920. The molecule has 3 nitrogen and oxygen atoms in total. The molecular weight excluding hydrogens is 240 g/mol. The topological polar surface area (TPSA) is 39.4 Å². The summed E-state index contributed by atoms with van der Waals surface area (Å²) >= 11 is 0.